The first-order valence-corrected chi connectivity index (χ1v) is 7.53. The van der Waals surface area contributed by atoms with Crippen LogP contribution in [0, 0.1) is 5.82 Å². The number of carbonyl (C=O) groups is 1. The fourth-order valence-electron chi connectivity index (χ4n) is 2.68. The van der Waals surface area contributed by atoms with Crippen LogP contribution in [0.5, 0.6) is 0 Å². The second-order valence-corrected chi connectivity index (χ2v) is 5.43. The van der Waals surface area contributed by atoms with Crippen molar-refractivity contribution < 1.29 is 9.18 Å². The molecule has 0 spiro atoms. The maximum atomic E-state index is 13.2. The molecular weight excluding hydrogens is 291 g/mol. The van der Waals surface area contributed by atoms with Gasteiger partial charge in [0.15, 0.2) is 6.29 Å². The first kappa shape index (κ1) is 15.2. The molecule has 4 heteroatoms. The summed E-state index contributed by atoms with van der Waals surface area (Å²) in [6, 6.07) is 14.3. The molecule has 3 rings (SSSR count). The monoisotopic (exact) mass is 308 g/mol. The van der Waals surface area contributed by atoms with Gasteiger partial charge in [-0.2, -0.15) is 5.10 Å². The van der Waals surface area contributed by atoms with E-state index in [4.69, 9.17) is 0 Å². The number of hydrogen-bond acceptors (Lipinski definition) is 3. The first-order chi connectivity index (χ1) is 11.2. The van der Waals surface area contributed by atoms with Gasteiger partial charge in [-0.15, -0.1) is 0 Å². The summed E-state index contributed by atoms with van der Waals surface area (Å²) >= 11 is 0. The molecule has 0 radical (unpaired) electrons. The number of carbonyl (C=O) groups excluding carboxylic acids is 1. The summed E-state index contributed by atoms with van der Waals surface area (Å²) in [4.78, 5) is 11.0. The van der Waals surface area contributed by atoms with Gasteiger partial charge in [-0.05, 0) is 49.6 Å². The number of aryl methyl sites for hydroxylation is 1. The smallest absolute Gasteiger partial charge is 0.165 e. The number of rotatable bonds is 4. The molecule has 23 heavy (non-hydrogen) atoms. The van der Waals surface area contributed by atoms with Gasteiger partial charge in [0, 0.05) is 5.56 Å². The summed E-state index contributed by atoms with van der Waals surface area (Å²) in [5.74, 6) is -0.303. The number of halogens is 1. The van der Waals surface area contributed by atoms with E-state index in [9.17, 15) is 9.18 Å². The summed E-state index contributed by atoms with van der Waals surface area (Å²) in [7, 11) is 0. The molecule has 0 aliphatic heterocycles. The normalized spacial score (nSPS) is 14.0. The van der Waals surface area contributed by atoms with Crippen LogP contribution in [-0.4, -0.2) is 12.0 Å². The van der Waals surface area contributed by atoms with Crippen LogP contribution >= 0.6 is 0 Å². The summed E-state index contributed by atoms with van der Waals surface area (Å²) < 4.78 is 13.2. The Morgan fingerprint density at radius 3 is 2.65 bits per heavy atom. The molecule has 0 saturated heterocycles. The van der Waals surface area contributed by atoms with Crippen LogP contribution in [0.4, 0.5) is 10.1 Å². The lowest BCUT2D eigenvalue weighted by atomic mass is 9.94. The molecule has 116 valence electrons. The van der Waals surface area contributed by atoms with E-state index in [-0.39, 0.29) is 5.82 Å². The molecule has 3 nitrogen and oxygen atoms in total. The van der Waals surface area contributed by atoms with Crippen LogP contribution in [-0.2, 0) is 11.2 Å². The SMILES string of the molecule is C/C(C=O)=N\N(C1=CCCc2ccccc21)c1ccc(F)cc1. The van der Waals surface area contributed by atoms with E-state index in [1.807, 2.05) is 18.2 Å². The minimum absolute atomic E-state index is 0.303. The molecule has 0 saturated carbocycles. The van der Waals surface area contributed by atoms with Gasteiger partial charge in [0.25, 0.3) is 0 Å². The number of nitrogens with zero attached hydrogens (tertiary/aromatic N) is 2. The molecule has 0 aromatic heterocycles. The largest absolute Gasteiger partial charge is 0.296 e. The van der Waals surface area contributed by atoms with Crippen molar-refractivity contribution in [2.24, 2.45) is 5.10 Å². The summed E-state index contributed by atoms with van der Waals surface area (Å²) in [6.07, 6.45) is 4.70. The van der Waals surface area contributed by atoms with Crippen LogP contribution in [0.3, 0.4) is 0 Å². The van der Waals surface area contributed by atoms with Crippen molar-refractivity contribution >= 4 is 23.4 Å². The van der Waals surface area contributed by atoms with Crippen LogP contribution in [0.25, 0.3) is 5.70 Å². The molecule has 0 heterocycles. The number of fused-ring (bicyclic) bond motifs is 1. The van der Waals surface area contributed by atoms with E-state index in [2.05, 4.69) is 17.2 Å². The molecule has 1 aliphatic rings. The Morgan fingerprint density at radius 2 is 1.91 bits per heavy atom. The third-order valence-electron chi connectivity index (χ3n) is 3.77. The van der Waals surface area contributed by atoms with Crippen molar-refractivity contribution in [1.82, 2.24) is 0 Å². The summed E-state index contributed by atoms with van der Waals surface area (Å²) in [6.45, 7) is 1.65. The number of hydrogen-bond donors (Lipinski definition) is 0. The second kappa shape index (κ2) is 6.57. The highest BCUT2D eigenvalue weighted by atomic mass is 19.1. The van der Waals surface area contributed by atoms with Gasteiger partial charge in [-0.3, -0.25) is 4.79 Å². The fourth-order valence-corrected chi connectivity index (χ4v) is 2.68. The van der Waals surface area contributed by atoms with Gasteiger partial charge in [0.05, 0.1) is 17.1 Å². The Bertz CT molecular complexity index is 778. The highest BCUT2D eigenvalue weighted by molar-refractivity contribution is 6.27. The molecule has 0 bridgehead atoms. The van der Waals surface area contributed by atoms with Gasteiger partial charge in [0.1, 0.15) is 5.82 Å². The number of benzene rings is 2. The number of allylic oxidation sites excluding steroid dienone is 1. The topological polar surface area (TPSA) is 32.7 Å². The predicted molar refractivity (Wildman–Crippen MR) is 90.8 cm³/mol. The van der Waals surface area contributed by atoms with E-state index in [1.165, 1.54) is 17.7 Å². The van der Waals surface area contributed by atoms with E-state index < -0.39 is 0 Å². The fraction of sp³-hybridized carbons (Fsp3) is 0.158. The van der Waals surface area contributed by atoms with Crippen LogP contribution in [0.15, 0.2) is 59.7 Å². The van der Waals surface area contributed by atoms with Crippen molar-refractivity contribution in [3.05, 3.63) is 71.6 Å². The molecule has 0 unspecified atom stereocenters. The zero-order chi connectivity index (χ0) is 16.2. The van der Waals surface area contributed by atoms with Gasteiger partial charge in [-0.1, -0.05) is 30.3 Å². The number of hydrazone groups is 1. The zero-order valence-corrected chi connectivity index (χ0v) is 12.9. The van der Waals surface area contributed by atoms with Crippen LogP contribution < -0.4 is 5.01 Å². The van der Waals surface area contributed by atoms with Crippen molar-refractivity contribution in [2.75, 3.05) is 5.01 Å². The van der Waals surface area contributed by atoms with Gasteiger partial charge >= 0.3 is 0 Å². The highest BCUT2D eigenvalue weighted by Gasteiger charge is 2.19. The highest BCUT2D eigenvalue weighted by Crippen LogP contribution is 2.33. The van der Waals surface area contributed by atoms with Crippen molar-refractivity contribution in [3.8, 4) is 0 Å². The Hall–Kier alpha value is -2.75. The van der Waals surface area contributed by atoms with Gasteiger partial charge < -0.3 is 0 Å². The van der Waals surface area contributed by atoms with Gasteiger partial charge in [-0.25, -0.2) is 9.40 Å². The molecule has 0 fully saturated rings. The van der Waals surface area contributed by atoms with E-state index in [0.717, 1.165) is 29.8 Å². The average molecular weight is 308 g/mol. The predicted octanol–water partition coefficient (Wildman–Crippen LogP) is 4.19. The lowest BCUT2D eigenvalue weighted by Crippen LogP contribution is -2.20. The Balaban J connectivity index is 2.10. The lowest BCUT2D eigenvalue weighted by Gasteiger charge is -2.27. The molecule has 2 aromatic rings. The average Bonchev–Trinajstić information content (AvgIpc) is 2.60. The molecular formula is C19H17FN2O. The Labute approximate surface area is 134 Å². The quantitative estimate of drug-likeness (QED) is 0.482. The van der Waals surface area contributed by atoms with Crippen molar-refractivity contribution in [1.29, 1.82) is 0 Å². The number of anilines is 1. The Kier molecular flexibility index (Phi) is 4.33. The van der Waals surface area contributed by atoms with Crippen LogP contribution in [0.1, 0.15) is 24.5 Å². The summed E-state index contributed by atoms with van der Waals surface area (Å²) in [5, 5.41) is 6.12. The summed E-state index contributed by atoms with van der Waals surface area (Å²) in [5.41, 5.74) is 4.33. The maximum Gasteiger partial charge on any atom is 0.165 e. The molecule has 0 N–H and O–H groups in total. The minimum Gasteiger partial charge on any atom is -0.296 e. The first-order valence-electron chi connectivity index (χ1n) is 7.53. The number of aldehydes is 1. The second-order valence-electron chi connectivity index (χ2n) is 5.43. The zero-order valence-electron chi connectivity index (χ0n) is 12.9. The standard InChI is InChI=1S/C19H17FN2O/c1-14(13-23)21-22(17-11-9-16(20)10-12-17)19-8-4-6-15-5-2-3-7-18(15)19/h2-3,5,7-13H,4,6H2,1H3/b21-14+. The van der Waals surface area contributed by atoms with Crippen molar-refractivity contribution in [2.45, 2.75) is 19.8 Å². The van der Waals surface area contributed by atoms with Crippen molar-refractivity contribution in [3.63, 3.8) is 0 Å². The molecule has 1 aliphatic carbocycles. The lowest BCUT2D eigenvalue weighted by molar-refractivity contribution is -0.102. The molecule has 2 aromatic carbocycles. The third kappa shape index (κ3) is 3.21. The molecule has 0 atom stereocenters. The minimum atomic E-state index is -0.303. The van der Waals surface area contributed by atoms with Gasteiger partial charge in [0.2, 0.25) is 0 Å². The van der Waals surface area contributed by atoms with E-state index in [0.29, 0.717) is 12.0 Å². The van der Waals surface area contributed by atoms with E-state index in [1.54, 1.807) is 24.1 Å². The van der Waals surface area contributed by atoms with E-state index >= 15 is 0 Å². The van der Waals surface area contributed by atoms with Crippen LogP contribution in [0.2, 0.25) is 0 Å². The molecule has 0 amide bonds. The third-order valence-corrected chi connectivity index (χ3v) is 3.77. The maximum absolute atomic E-state index is 13.2. The Morgan fingerprint density at radius 1 is 1.17 bits per heavy atom.